The fourth-order valence-electron chi connectivity index (χ4n) is 2.81. The molecule has 1 aliphatic rings. The minimum absolute atomic E-state index is 0.151. The molecule has 22 heavy (non-hydrogen) atoms. The zero-order valence-corrected chi connectivity index (χ0v) is 13.2. The standard InChI is InChI=1S/C15H16ClF2NO3/c1-4-22-13(21)15(17,18)8-14(2)9-6-5-7-10(16)11(9)19(3)12(14)20/h5-7H,4,8H2,1-3H3. The number of alkyl halides is 2. The van der Waals surface area contributed by atoms with Gasteiger partial charge in [0.1, 0.15) is 0 Å². The molecular weight excluding hydrogens is 316 g/mol. The smallest absolute Gasteiger partial charge is 0.377 e. The number of hydrogen-bond acceptors (Lipinski definition) is 3. The van der Waals surface area contributed by atoms with Crippen molar-refractivity contribution in [3.63, 3.8) is 0 Å². The number of halogens is 3. The lowest BCUT2D eigenvalue weighted by Crippen LogP contribution is -2.44. The largest absolute Gasteiger partial charge is 0.462 e. The average molecular weight is 332 g/mol. The van der Waals surface area contributed by atoms with E-state index in [0.29, 0.717) is 16.3 Å². The Balaban J connectivity index is 2.45. The molecule has 0 fully saturated rings. The van der Waals surface area contributed by atoms with E-state index >= 15 is 0 Å². The number of carbonyl (C=O) groups is 2. The van der Waals surface area contributed by atoms with Crippen molar-refractivity contribution >= 4 is 29.2 Å². The van der Waals surface area contributed by atoms with Crippen LogP contribution in [0.2, 0.25) is 5.02 Å². The van der Waals surface area contributed by atoms with Crippen LogP contribution in [0.25, 0.3) is 0 Å². The van der Waals surface area contributed by atoms with Crippen LogP contribution in [0.3, 0.4) is 0 Å². The Labute approximate surface area is 132 Å². The molecule has 1 heterocycles. The summed E-state index contributed by atoms with van der Waals surface area (Å²) in [7, 11) is 1.47. The van der Waals surface area contributed by atoms with Gasteiger partial charge in [-0.15, -0.1) is 0 Å². The molecule has 120 valence electrons. The maximum atomic E-state index is 14.1. The van der Waals surface area contributed by atoms with E-state index in [2.05, 4.69) is 4.74 Å². The third-order valence-electron chi connectivity index (χ3n) is 3.84. The van der Waals surface area contributed by atoms with Gasteiger partial charge in [-0.05, 0) is 25.5 Å². The SMILES string of the molecule is CCOC(=O)C(F)(F)CC1(C)C(=O)N(C)c2c(Cl)cccc21. The third kappa shape index (κ3) is 2.45. The monoisotopic (exact) mass is 331 g/mol. The van der Waals surface area contributed by atoms with Crippen molar-refractivity contribution < 1.29 is 23.1 Å². The van der Waals surface area contributed by atoms with Crippen LogP contribution >= 0.6 is 11.6 Å². The predicted molar refractivity (Wildman–Crippen MR) is 78.4 cm³/mol. The molecule has 0 radical (unpaired) electrons. The summed E-state index contributed by atoms with van der Waals surface area (Å²) < 4.78 is 32.6. The van der Waals surface area contributed by atoms with Gasteiger partial charge in [0.15, 0.2) is 0 Å². The first kappa shape index (κ1) is 16.7. The normalized spacial score (nSPS) is 21.0. The Bertz CT molecular complexity index is 635. The summed E-state index contributed by atoms with van der Waals surface area (Å²) in [6, 6.07) is 4.75. The number of fused-ring (bicyclic) bond motifs is 1. The van der Waals surface area contributed by atoms with E-state index in [4.69, 9.17) is 11.6 Å². The van der Waals surface area contributed by atoms with E-state index in [-0.39, 0.29) is 6.61 Å². The summed E-state index contributed by atoms with van der Waals surface area (Å²) >= 11 is 6.07. The van der Waals surface area contributed by atoms with Crippen LogP contribution in [-0.4, -0.2) is 31.5 Å². The van der Waals surface area contributed by atoms with Gasteiger partial charge in [0, 0.05) is 13.5 Å². The fraction of sp³-hybridized carbons (Fsp3) is 0.467. The molecule has 1 unspecified atom stereocenters. The first-order chi connectivity index (χ1) is 10.1. The van der Waals surface area contributed by atoms with E-state index in [1.807, 2.05) is 0 Å². The third-order valence-corrected chi connectivity index (χ3v) is 4.15. The summed E-state index contributed by atoms with van der Waals surface area (Å²) in [5.74, 6) is -5.91. The van der Waals surface area contributed by atoms with Crippen LogP contribution in [0.4, 0.5) is 14.5 Å². The molecule has 0 saturated carbocycles. The lowest BCUT2D eigenvalue weighted by molar-refractivity contribution is -0.174. The highest BCUT2D eigenvalue weighted by molar-refractivity contribution is 6.35. The average Bonchev–Trinajstić information content (AvgIpc) is 2.62. The maximum Gasteiger partial charge on any atom is 0.377 e. The van der Waals surface area contributed by atoms with E-state index in [1.54, 1.807) is 18.2 Å². The summed E-state index contributed by atoms with van der Waals surface area (Å²) in [4.78, 5) is 25.2. The number of benzene rings is 1. The summed E-state index contributed by atoms with van der Waals surface area (Å²) in [6.45, 7) is 2.68. The summed E-state index contributed by atoms with van der Waals surface area (Å²) in [6.07, 6.45) is -0.963. The first-order valence-corrected chi connectivity index (χ1v) is 7.15. The van der Waals surface area contributed by atoms with Crippen molar-refractivity contribution in [1.29, 1.82) is 0 Å². The minimum atomic E-state index is -3.76. The zero-order valence-electron chi connectivity index (χ0n) is 12.5. The number of esters is 1. The number of nitrogens with zero attached hydrogens (tertiary/aromatic N) is 1. The van der Waals surface area contributed by atoms with E-state index in [0.717, 1.165) is 0 Å². The number of amides is 1. The quantitative estimate of drug-likeness (QED) is 0.796. The predicted octanol–water partition coefficient (Wildman–Crippen LogP) is 3.16. The van der Waals surface area contributed by atoms with Crippen LogP contribution in [-0.2, 0) is 19.7 Å². The minimum Gasteiger partial charge on any atom is -0.462 e. The second-order valence-corrected chi connectivity index (χ2v) is 5.84. The van der Waals surface area contributed by atoms with Gasteiger partial charge in [-0.2, -0.15) is 8.78 Å². The maximum absolute atomic E-state index is 14.1. The number of rotatable bonds is 4. The number of anilines is 1. The molecule has 1 aromatic carbocycles. The topological polar surface area (TPSA) is 46.6 Å². The van der Waals surface area contributed by atoms with Crippen LogP contribution in [0, 0.1) is 0 Å². The van der Waals surface area contributed by atoms with E-state index in [1.165, 1.54) is 25.8 Å². The molecule has 0 aliphatic carbocycles. The highest BCUT2D eigenvalue weighted by Crippen LogP contribution is 2.49. The molecule has 4 nitrogen and oxygen atoms in total. The Morgan fingerprint density at radius 3 is 2.68 bits per heavy atom. The van der Waals surface area contributed by atoms with Crippen LogP contribution in [0.1, 0.15) is 25.8 Å². The van der Waals surface area contributed by atoms with Gasteiger partial charge in [-0.25, -0.2) is 4.79 Å². The van der Waals surface area contributed by atoms with Gasteiger partial charge in [0.25, 0.3) is 0 Å². The Morgan fingerprint density at radius 2 is 2.09 bits per heavy atom. The number of para-hydroxylation sites is 1. The van der Waals surface area contributed by atoms with Gasteiger partial charge < -0.3 is 9.64 Å². The highest BCUT2D eigenvalue weighted by Gasteiger charge is 2.55. The number of likely N-dealkylation sites (N-methyl/N-ethyl adjacent to an activating group) is 1. The highest BCUT2D eigenvalue weighted by atomic mass is 35.5. The molecule has 1 aromatic rings. The van der Waals surface area contributed by atoms with Crippen molar-refractivity contribution in [2.75, 3.05) is 18.6 Å². The van der Waals surface area contributed by atoms with Crippen molar-refractivity contribution in [2.24, 2.45) is 0 Å². The first-order valence-electron chi connectivity index (χ1n) is 6.77. The molecule has 7 heteroatoms. The van der Waals surface area contributed by atoms with Crippen molar-refractivity contribution in [2.45, 2.75) is 31.6 Å². The molecule has 1 amide bonds. The molecule has 0 aromatic heterocycles. The van der Waals surface area contributed by atoms with Gasteiger partial charge in [-0.1, -0.05) is 23.7 Å². The number of hydrogen-bond donors (Lipinski definition) is 0. The zero-order chi connectivity index (χ0) is 16.7. The second kappa shape index (κ2) is 5.50. The Kier molecular flexibility index (Phi) is 4.17. The van der Waals surface area contributed by atoms with Gasteiger partial charge in [0.2, 0.25) is 5.91 Å². The second-order valence-electron chi connectivity index (χ2n) is 5.43. The molecule has 0 saturated heterocycles. The molecule has 0 bridgehead atoms. The van der Waals surface area contributed by atoms with E-state index in [9.17, 15) is 18.4 Å². The summed E-state index contributed by atoms with van der Waals surface area (Å²) in [5, 5.41) is 0.302. The van der Waals surface area contributed by atoms with Crippen molar-refractivity contribution in [3.05, 3.63) is 28.8 Å². The summed E-state index contributed by atoms with van der Waals surface area (Å²) in [5.41, 5.74) is -0.751. The molecule has 0 N–H and O–H groups in total. The molecular formula is C15H16ClF2NO3. The van der Waals surface area contributed by atoms with Gasteiger partial charge in [-0.3, -0.25) is 4.79 Å². The Morgan fingerprint density at radius 1 is 1.45 bits per heavy atom. The van der Waals surface area contributed by atoms with Crippen molar-refractivity contribution in [1.82, 2.24) is 0 Å². The number of carbonyl (C=O) groups excluding carboxylic acids is 2. The van der Waals surface area contributed by atoms with E-state index < -0.39 is 29.6 Å². The van der Waals surface area contributed by atoms with Crippen LogP contribution < -0.4 is 4.90 Å². The molecule has 1 aliphatic heterocycles. The van der Waals surface area contributed by atoms with Crippen LogP contribution in [0.5, 0.6) is 0 Å². The lowest BCUT2D eigenvalue weighted by Gasteiger charge is -2.27. The molecule has 1 atom stereocenters. The fourth-order valence-corrected chi connectivity index (χ4v) is 3.11. The molecule has 2 rings (SSSR count). The lowest BCUT2D eigenvalue weighted by atomic mass is 9.78. The molecule has 0 spiro atoms. The van der Waals surface area contributed by atoms with Crippen molar-refractivity contribution in [3.8, 4) is 0 Å². The van der Waals surface area contributed by atoms with Gasteiger partial charge in [0.05, 0.1) is 22.7 Å². The Hall–Kier alpha value is -1.69. The van der Waals surface area contributed by atoms with Gasteiger partial charge >= 0.3 is 11.9 Å². The van der Waals surface area contributed by atoms with Crippen LogP contribution in [0.15, 0.2) is 18.2 Å². The number of ether oxygens (including phenoxy) is 1.